The van der Waals surface area contributed by atoms with E-state index in [1.165, 1.54) is 4.88 Å². The number of hydrogen-bond acceptors (Lipinski definition) is 4. The van der Waals surface area contributed by atoms with Crippen LogP contribution in [0.15, 0.2) is 5.38 Å². The summed E-state index contributed by atoms with van der Waals surface area (Å²) in [7, 11) is 0. The molecule has 2 amide bonds. The van der Waals surface area contributed by atoms with E-state index < -0.39 is 6.04 Å². The lowest BCUT2D eigenvalue weighted by Crippen LogP contribution is -2.59. The molecule has 1 aromatic heterocycles. The van der Waals surface area contributed by atoms with Gasteiger partial charge in [-0.25, -0.2) is 0 Å². The van der Waals surface area contributed by atoms with Crippen LogP contribution in [-0.4, -0.2) is 48.4 Å². The maximum Gasteiger partial charge on any atom is 0.255 e. The minimum Gasteiger partial charge on any atom is -0.352 e. The van der Waals surface area contributed by atoms with Crippen LogP contribution < -0.4 is 10.6 Å². The number of nitrogens with zero attached hydrogens (tertiary/aromatic N) is 1. The van der Waals surface area contributed by atoms with Crippen LogP contribution in [0.25, 0.3) is 0 Å². The lowest BCUT2D eigenvalue weighted by atomic mass is 10.1. The van der Waals surface area contributed by atoms with Crippen molar-refractivity contribution in [2.24, 2.45) is 0 Å². The molecule has 3 rings (SSSR count). The topological polar surface area (TPSA) is 61.4 Å². The maximum absolute atomic E-state index is 12.9. The first kappa shape index (κ1) is 15.5. The van der Waals surface area contributed by atoms with Crippen LogP contribution in [-0.2, 0) is 11.2 Å². The van der Waals surface area contributed by atoms with E-state index >= 15 is 0 Å². The number of aryl methyl sites for hydroxylation is 1. The Morgan fingerprint density at radius 1 is 1.45 bits per heavy atom. The number of rotatable bonds is 4. The summed E-state index contributed by atoms with van der Waals surface area (Å²) in [6, 6.07) is -0.0762. The number of nitrogens with one attached hydrogen (secondary N) is 2. The Balaban J connectivity index is 1.79. The Morgan fingerprint density at radius 2 is 2.23 bits per heavy atom. The number of amides is 2. The molecule has 2 aliphatic rings. The third kappa shape index (κ3) is 3.03. The van der Waals surface area contributed by atoms with E-state index in [1.807, 2.05) is 5.38 Å². The first-order valence-corrected chi connectivity index (χ1v) is 8.88. The zero-order valence-corrected chi connectivity index (χ0v) is 14.0. The highest BCUT2D eigenvalue weighted by Crippen LogP contribution is 2.25. The molecule has 1 aromatic rings. The molecular weight excluding hydrogens is 298 g/mol. The van der Waals surface area contributed by atoms with Gasteiger partial charge in [-0.3, -0.25) is 9.59 Å². The van der Waals surface area contributed by atoms with Crippen molar-refractivity contribution in [3.8, 4) is 0 Å². The first-order chi connectivity index (χ1) is 10.6. The van der Waals surface area contributed by atoms with E-state index in [-0.39, 0.29) is 11.8 Å². The fourth-order valence-corrected chi connectivity index (χ4v) is 3.89. The Bertz CT molecular complexity index is 580. The molecule has 1 aliphatic heterocycles. The summed E-state index contributed by atoms with van der Waals surface area (Å²) in [4.78, 5) is 28.3. The molecule has 1 saturated heterocycles. The van der Waals surface area contributed by atoms with Gasteiger partial charge < -0.3 is 15.5 Å². The van der Waals surface area contributed by atoms with Crippen molar-refractivity contribution in [2.75, 3.05) is 19.6 Å². The third-order valence-electron chi connectivity index (χ3n) is 4.42. The van der Waals surface area contributed by atoms with Crippen LogP contribution in [0.5, 0.6) is 0 Å². The Morgan fingerprint density at radius 3 is 2.91 bits per heavy atom. The molecule has 1 unspecified atom stereocenters. The highest BCUT2D eigenvalue weighted by molar-refractivity contribution is 7.10. The van der Waals surface area contributed by atoms with Gasteiger partial charge in [0.05, 0.1) is 5.56 Å². The van der Waals surface area contributed by atoms with Gasteiger partial charge in [0.2, 0.25) is 5.91 Å². The van der Waals surface area contributed by atoms with E-state index in [0.717, 1.165) is 36.9 Å². The number of piperazine rings is 1. The molecule has 1 aliphatic carbocycles. The molecule has 1 atom stereocenters. The lowest BCUT2D eigenvalue weighted by molar-refractivity contribution is -0.126. The second-order valence-corrected chi connectivity index (χ2v) is 7.12. The highest BCUT2D eigenvalue weighted by atomic mass is 32.1. The third-order valence-corrected chi connectivity index (χ3v) is 5.37. The van der Waals surface area contributed by atoms with Crippen LogP contribution in [0.2, 0.25) is 0 Å². The van der Waals surface area contributed by atoms with E-state index in [2.05, 4.69) is 24.5 Å². The predicted octanol–water partition coefficient (Wildman–Crippen LogP) is 1.31. The van der Waals surface area contributed by atoms with E-state index in [9.17, 15) is 9.59 Å². The number of hydrogen-bond donors (Lipinski definition) is 2. The Hall–Kier alpha value is -1.40. The molecule has 120 valence electrons. The van der Waals surface area contributed by atoms with Crippen molar-refractivity contribution < 1.29 is 9.59 Å². The molecule has 0 bridgehead atoms. The zero-order chi connectivity index (χ0) is 15.7. The second-order valence-electron chi connectivity index (χ2n) is 6.04. The average Bonchev–Trinajstić information content (AvgIpc) is 3.26. The van der Waals surface area contributed by atoms with E-state index in [4.69, 9.17) is 0 Å². The maximum atomic E-state index is 12.9. The SMILES string of the molecule is CCc1c(C(=O)N2CCNCC2C(=O)NC2CC2)csc1C. The van der Waals surface area contributed by atoms with Gasteiger partial charge in [0.1, 0.15) is 6.04 Å². The molecule has 22 heavy (non-hydrogen) atoms. The largest absolute Gasteiger partial charge is 0.352 e. The lowest BCUT2D eigenvalue weighted by Gasteiger charge is -2.35. The van der Waals surface area contributed by atoms with Crippen LogP contribution in [0.4, 0.5) is 0 Å². The summed E-state index contributed by atoms with van der Waals surface area (Å²) in [5, 5.41) is 8.19. The van der Waals surface area contributed by atoms with Crippen LogP contribution in [0, 0.1) is 6.92 Å². The number of carbonyl (C=O) groups excluding carboxylic acids is 2. The summed E-state index contributed by atoms with van der Waals surface area (Å²) in [6.07, 6.45) is 2.97. The summed E-state index contributed by atoms with van der Waals surface area (Å²) in [6.45, 7) is 5.98. The Kier molecular flexibility index (Phi) is 4.49. The minimum absolute atomic E-state index is 0.00125. The number of thiophene rings is 1. The van der Waals surface area contributed by atoms with Gasteiger partial charge in [0.25, 0.3) is 5.91 Å². The monoisotopic (exact) mass is 321 g/mol. The van der Waals surface area contributed by atoms with Crippen molar-refractivity contribution in [3.63, 3.8) is 0 Å². The van der Waals surface area contributed by atoms with Crippen molar-refractivity contribution in [2.45, 2.75) is 45.2 Å². The quantitative estimate of drug-likeness (QED) is 0.879. The minimum atomic E-state index is -0.397. The summed E-state index contributed by atoms with van der Waals surface area (Å²) in [5.74, 6) is -0.0216. The van der Waals surface area contributed by atoms with Gasteiger partial charge in [-0.05, 0) is 31.7 Å². The standard InChI is InChI=1S/C16H23N3O2S/c1-3-12-10(2)22-9-13(12)16(21)19-7-6-17-8-14(19)15(20)18-11-4-5-11/h9,11,14,17H,3-8H2,1-2H3,(H,18,20). The smallest absolute Gasteiger partial charge is 0.255 e. The van der Waals surface area contributed by atoms with Crippen LogP contribution >= 0.6 is 11.3 Å². The average molecular weight is 321 g/mol. The predicted molar refractivity (Wildman–Crippen MR) is 87.3 cm³/mol. The van der Waals surface area contributed by atoms with Gasteiger partial charge in [-0.1, -0.05) is 6.92 Å². The van der Waals surface area contributed by atoms with Crippen molar-refractivity contribution in [3.05, 3.63) is 21.4 Å². The molecular formula is C16H23N3O2S. The molecule has 2 N–H and O–H groups in total. The van der Waals surface area contributed by atoms with Crippen molar-refractivity contribution >= 4 is 23.2 Å². The molecule has 5 nitrogen and oxygen atoms in total. The normalized spacial score (nSPS) is 21.7. The summed E-state index contributed by atoms with van der Waals surface area (Å²) < 4.78 is 0. The van der Waals surface area contributed by atoms with Crippen molar-refractivity contribution in [1.29, 1.82) is 0 Å². The van der Waals surface area contributed by atoms with Crippen molar-refractivity contribution in [1.82, 2.24) is 15.5 Å². The molecule has 0 spiro atoms. The van der Waals surface area contributed by atoms with Crippen LogP contribution in [0.3, 0.4) is 0 Å². The zero-order valence-electron chi connectivity index (χ0n) is 13.1. The molecule has 6 heteroatoms. The second kappa shape index (κ2) is 6.38. The van der Waals surface area contributed by atoms with E-state index in [1.54, 1.807) is 16.2 Å². The molecule has 0 aromatic carbocycles. The fourth-order valence-electron chi connectivity index (χ4n) is 2.96. The molecule has 1 saturated carbocycles. The van der Waals surface area contributed by atoms with Crippen LogP contribution in [0.1, 0.15) is 40.6 Å². The molecule has 2 fully saturated rings. The molecule has 2 heterocycles. The van der Waals surface area contributed by atoms with Gasteiger partial charge in [0, 0.05) is 35.9 Å². The first-order valence-electron chi connectivity index (χ1n) is 8.00. The highest BCUT2D eigenvalue weighted by Gasteiger charge is 2.36. The Labute approximate surface area is 135 Å². The van der Waals surface area contributed by atoms with Gasteiger partial charge in [0.15, 0.2) is 0 Å². The van der Waals surface area contributed by atoms with Gasteiger partial charge in [-0.2, -0.15) is 0 Å². The fraction of sp³-hybridized carbons (Fsp3) is 0.625. The van der Waals surface area contributed by atoms with Gasteiger partial charge in [-0.15, -0.1) is 11.3 Å². The molecule has 0 radical (unpaired) electrons. The van der Waals surface area contributed by atoms with Gasteiger partial charge >= 0.3 is 0 Å². The summed E-state index contributed by atoms with van der Waals surface area (Å²) >= 11 is 1.61. The van der Waals surface area contributed by atoms with E-state index in [0.29, 0.717) is 19.1 Å². The number of carbonyl (C=O) groups is 2. The summed E-state index contributed by atoms with van der Waals surface area (Å²) in [5.41, 5.74) is 1.89.